The Morgan fingerprint density at radius 2 is 2.32 bits per heavy atom. The minimum Gasteiger partial charge on any atom is -0.387 e. The zero-order valence-electron chi connectivity index (χ0n) is 10.4. The molecule has 1 heterocycles. The lowest BCUT2D eigenvalue weighted by Gasteiger charge is -2.20. The van der Waals surface area contributed by atoms with Gasteiger partial charge in [-0.2, -0.15) is 11.8 Å². The van der Waals surface area contributed by atoms with Crippen LogP contribution >= 0.6 is 27.7 Å². The summed E-state index contributed by atoms with van der Waals surface area (Å²) in [5.41, 5.74) is 0.217. The zero-order valence-corrected chi connectivity index (χ0v) is 12.8. The quantitative estimate of drug-likeness (QED) is 0.827. The van der Waals surface area contributed by atoms with Crippen molar-refractivity contribution in [3.05, 3.63) is 40.4 Å². The number of carbonyl (C=O) groups excluding carboxylic acids is 1. The van der Waals surface area contributed by atoms with Gasteiger partial charge in [0.05, 0.1) is 5.60 Å². The van der Waals surface area contributed by atoms with E-state index >= 15 is 0 Å². The van der Waals surface area contributed by atoms with Gasteiger partial charge in [-0.1, -0.05) is 34.1 Å². The molecule has 1 aliphatic rings. The molecule has 19 heavy (non-hydrogen) atoms. The molecule has 1 amide bonds. The Labute approximate surface area is 125 Å². The molecule has 2 rings (SSSR count). The van der Waals surface area contributed by atoms with Crippen LogP contribution in [0.5, 0.6) is 0 Å². The first-order valence-electron chi connectivity index (χ1n) is 6.10. The summed E-state index contributed by atoms with van der Waals surface area (Å²) < 4.78 is 0.949. The Kier molecular flexibility index (Phi) is 5.07. The molecule has 1 aromatic rings. The van der Waals surface area contributed by atoms with Crippen LogP contribution in [0.4, 0.5) is 0 Å². The van der Waals surface area contributed by atoms with Crippen molar-refractivity contribution in [1.29, 1.82) is 0 Å². The molecule has 1 aliphatic heterocycles. The zero-order chi connectivity index (χ0) is 13.7. The lowest BCUT2D eigenvalue weighted by Crippen LogP contribution is -2.42. The van der Waals surface area contributed by atoms with E-state index in [1.807, 2.05) is 24.3 Å². The highest BCUT2D eigenvalue weighted by Gasteiger charge is 2.31. The molecule has 2 N–H and O–H groups in total. The lowest BCUT2D eigenvalue weighted by molar-refractivity contribution is -0.117. The molecule has 1 aromatic carbocycles. The van der Waals surface area contributed by atoms with Crippen molar-refractivity contribution < 1.29 is 9.90 Å². The van der Waals surface area contributed by atoms with Crippen LogP contribution < -0.4 is 5.32 Å². The van der Waals surface area contributed by atoms with E-state index in [9.17, 15) is 9.90 Å². The largest absolute Gasteiger partial charge is 0.387 e. The smallest absolute Gasteiger partial charge is 0.244 e. The fourth-order valence-corrected chi connectivity index (χ4v) is 3.53. The summed E-state index contributed by atoms with van der Waals surface area (Å²) in [5, 5.41) is 12.9. The molecule has 0 aliphatic carbocycles. The van der Waals surface area contributed by atoms with Crippen LogP contribution in [0.15, 0.2) is 34.8 Å². The molecule has 1 atom stereocenters. The van der Waals surface area contributed by atoms with E-state index in [1.54, 1.807) is 17.8 Å². The minimum atomic E-state index is -0.735. The van der Waals surface area contributed by atoms with Crippen LogP contribution in [0.1, 0.15) is 12.0 Å². The van der Waals surface area contributed by atoms with Crippen molar-refractivity contribution in [2.24, 2.45) is 0 Å². The monoisotopic (exact) mass is 341 g/mol. The maximum absolute atomic E-state index is 11.7. The number of amides is 1. The molecule has 1 unspecified atom stereocenters. The van der Waals surface area contributed by atoms with Crippen LogP contribution in [0.25, 0.3) is 6.08 Å². The Morgan fingerprint density at radius 1 is 1.53 bits per heavy atom. The number of halogens is 1. The number of hydrogen-bond donors (Lipinski definition) is 2. The van der Waals surface area contributed by atoms with E-state index in [0.717, 1.165) is 22.2 Å². The third-order valence-corrected chi connectivity index (χ3v) is 4.95. The average Bonchev–Trinajstić information content (AvgIpc) is 2.83. The predicted octanol–water partition coefficient (Wildman–Crippen LogP) is 2.45. The maximum Gasteiger partial charge on any atom is 0.244 e. The Balaban J connectivity index is 1.86. The summed E-state index contributed by atoms with van der Waals surface area (Å²) in [6.45, 7) is 0.319. The molecular formula is C14H16BrNO2S. The summed E-state index contributed by atoms with van der Waals surface area (Å²) in [5.74, 6) is 1.47. The van der Waals surface area contributed by atoms with Gasteiger partial charge in [0.1, 0.15) is 0 Å². The summed E-state index contributed by atoms with van der Waals surface area (Å²) in [6, 6.07) is 7.70. The predicted molar refractivity (Wildman–Crippen MR) is 83.1 cm³/mol. The lowest BCUT2D eigenvalue weighted by atomic mass is 10.0. The number of rotatable bonds is 4. The van der Waals surface area contributed by atoms with Gasteiger partial charge >= 0.3 is 0 Å². The van der Waals surface area contributed by atoms with Crippen LogP contribution in [0, 0.1) is 0 Å². The van der Waals surface area contributed by atoms with Crippen molar-refractivity contribution in [2.45, 2.75) is 12.0 Å². The Hall–Kier alpha value is -0.780. The fourth-order valence-electron chi connectivity index (χ4n) is 1.82. The molecule has 102 valence electrons. The SMILES string of the molecule is O=C(C=Cc1ccccc1Br)NCC1(O)CCSC1. The van der Waals surface area contributed by atoms with Gasteiger partial charge in [0.15, 0.2) is 0 Å². The molecule has 5 heteroatoms. The summed E-state index contributed by atoms with van der Waals surface area (Å²) in [4.78, 5) is 11.7. The van der Waals surface area contributed by atoms with Gasteiger partial charge in [0.2, 0.25) is 5.91 Å². The summed E-state index contributed by atoms with van der Waals surface area (Å²) in [7, 11) is 0. The van der Waals surface area contributed by atoms with Crippen molar-refractivity contribution in [2.75, 3.05) is 18.1 Å². The van der Waals surface area contributed by atoms with E-state index in [-0.39, 0.29) is 5.91 Å². The second-order valence-corrected chi connectivity index (χ2v) is 6.56. The number of thioether (sulfide) groups is 1. The van der Waals surface area contributed by atoms with Crippen molar-refractivity contribution in [1.82, 2.24) is 5.32 Å². The Morgan fingerprint density at radius 3 is 3.00 bits per heavy atom. The van der Waals surface area contributed by atoms with Crippen LogP contribution in [0.3, 0.4) is 0 Å². The summed E-state index contributed by atoms with van der Waals surface area (Å²) >= 11 is 5.14. The van der Waals surface area contributed by atoms with Gasteiger partial charge in [0, 0.05) is 22.8 Å². The molecule has 0 aromatic heterocycles. The molecule has 3 nitrogen and oxygen atoms in total. The number of aliphatic hydroxyl groups is 1. The number of hydrogen-bond acceptors (Lipinski definition) is 3. The standard InChI is InChI=1S/C14H16BrNO2S/c15-12-4-2-1-3-11(12)5-6-13(17)16-9-14(18)7-8-19-10-14/h1-6,18H,7-10H2,(H,16,17). The second-order valence-electron chi connectivity index (χ2n) is 4.60. The van der Waals surface area contributed by atoms with Crippen molar-refractivity contribution in [3.8, 4) is 0 Å². The highest BCUT2D eigenvalue weighted by Crippen LogP contribution is 2.26. The van der Waals surface area contributed by atoms with Gasteiger partial charge in [-0.05, 0) is 29.9 Å². The molecule has 1 saturated heterocycles. The van der Waals surface area contributed by atoms with E-state index in [2.05, 4.69) is 21.2 Å². The first-order chi connectivity index (χ1) is 9.09. The topological polar surface area (TPSA) is 49.3 Å². The Bertz CT molecular complexity index is 484. The van der Waals surface area contributed by atoms with Gasteiger partial charge in [-0.25, -0.2) is 0 Å². The highest BCUT2D eigenvalue weighted by molar-refractivity contribution is 9.10. The normalized spacial score (nSPS) is 22.8. The molecule has 0 saturated carbocycles. The van der Waals surface area contributed by atoms with E-state index in [4.69, 9.17) is 0 Å². The maximum atomic E-state index is 11.7. The summed E-state index contributed by atoms with van der Waals surface area (Å²) in [6.07, 6.45) is 3.99. The molecule has 1 fully saturated rings. The van der Waals surface area contributed by atoms with E-state index in [0.29, 0.717) is 12.3 Å². The fraction of sp³-hybridized carbons (Fsp3) is 0.357. The molecule has 0 spiro atoms. The molecule has 0 radical (unpaired) electrons. The minimum absolute atomic E-state index is 0.180. The van der Waals surface area contributed by atoms with E-state index < -0.39 is 5.60 Å². The van der Waals surface area contributed by atoms with Crippen molar-refractivity contribution in [3.63, 3.8) is 0 Å². The highest BCUT2D eigenvalue weighted by atomic mass is 79.9. The second kappa shape index (κ2) is 6.59. The van der Waals surface area contributed by atoms with Gasteiger partial charge < -0.3 is 10.4 Å². The third kappa shape index (κ3) is 4.37. The van der Waals surface area contributed by atoms with Gasteiger partial charge in [-0.3, -0.25) is 4.79 Å². The van der Waals surface area contributed by atoms with Crippen LogP contribution in [0.2, 0.25) is 0 Å². The third-order valence-electron chi connectivity index (χ3n) is 2.99. The van der Waals surface area contributed by atoms with Gasteiger partial charge in [-0.15, -0.1) is 0 Å². The van der Waals surface area contributed by atoms with Crippen LogP contribution in [-0.4, -0.2) is 34.7 Å². The first kappa shape index (κ1) is 14.6. The molecule has 0 bridgehead atoms. The molecular weight excluding hydrogens is 326 g/mol. The number of carbonyl (C=O) groups is 1. The first-order valence-corrected chi connectivity index (χ1v) is 8.04. The van der Waals surface area contributed by atoms with E-state index in [1.165, 1.54) is 6.08 Å². The number of nitrogens with one attached hydrogen (secondary N) is 1. The van der Waals surface area contributed by atoms with Gasteiger partial charge in [0.25, 0.3) is 0 Å². The number of benzene rings is 1. The average molecular weight is 342 g/mol. The van der Waals surface area contributed by atoms with Crippen LogP contribution in [-0.2, 0) is 4.79 Å². The van der Waals surface area contributed by atoms with Crippen molar-refractivity contribution >= 4 is 39.7 Å².